The molecular weight excluding hydrogens is 346 g/mol. The third-order valence-corrected chi connectivity index (χ3v) is 4.22. The number of nitrogens with zero attached hydrogens (tertiary/aromatic N) is 3. The normalized spacial score (nSPS) is 10.3. The predicted octanol–water partition coefficient (Wildman–Crippen LogP) is 4.50. The van der Waals surface area contributed by atoms with Crippen LogP contribution >= 0.6 is 0 Å². The molecule has 0 bridgehead atoms. The zero-order valence-electron chi connectivity index (χ0n) is 15.2. The van der Waals surface area contributed by atoms with Crippen LogP contribution in [0.5, 0.6) is 5.75 Å². The smallest absolute Gasteiger partial charge is 0.353 e. The van der Waals surface area contributed by atoms with Crippen LogP contribution in [0.1, 0.15) is 11.1 Å². The average Bonchev–Trinajstić information content (AvgIpc) is 2.66. The van der Waals surface area contributed by atoms with Gasteiger partial charge >= 0.3 is 5.69 Å². The van der Waals surface area contributed by atoms with Gasteiger partial charge in [0.05, 0.1) is 17.7 Å². The molecule has 8 nitrogen and oxygen atoms in total. The number of nitrogens with one attached hydrogen (secondary N) is 2. The van der Waals surface area contributed by atoms with Crippen LogP contribution in [0.15, 0.2) is 48.8 Å². The van der Waals surface area contributed by atoms with E-state index >= 15 is 0 Å². The maximum atomic E-state index is 11.7. The molecule has 0 aliphatic heterocycles. The van der Waals surface area contributed by atoms with Gasteiger partial charge in [-0.05, 0) is 43.2 Å². The number of hydrogen-bond acceptors (Lipinski definition) is 7. The zero-order valence-corrected chi connectivity index (χ0v) is 15.2. The second kappa shape index (κ2) is 7.69. The Labute approximate surface area is 156 Å². The van der Waals surface area contributed by atoms with E-state index in [0.717, 1.165) is 16.8 Å². The molecule has 0 unspecified atom stereocenters. The van der Waals surface area contributed by atoms with Crippen LogP contribution in [-0.4, -0.2) is 22.0 Å². The van der Waals surface area contributed by atoms with E-state index in [4.69, 9.17) is 4.74 Å². The topological polar surface area (TPSA) is 102 Å². The second-order valence-electron chi connectivity index (χ2n) is 5.87. The molecule has 0 aliphatic carbocycles. The summed E-state index contributed by atoms with van der Waals surface area (Å²) in [5.41, 5.74) is 3.14. The summed E-state index contributed by atoms with van der Waals surface area (Å²) in [5.74, 6) is 0.739. The fourth-order valence-corrected chi connectivity index (χ4v) is 2.62. The molecule has 0 radical (unpaired) electrons. The first-order chi connectivity index (χ1) is 13.0. The summed E-state index contributed by atoms with van der Waals surface area (Å²) in [6, 6.07) is 12.8. The van der Waals surface area contributed by atoms with E-state index in [1.807, 2.05) is 38.1 Å². The number of hydrogen-bond donors (Lipinski definition) is 2. The summed E-state index contributed by atoms with van der Waals surface area (Å²) in [5, 5.41) is 17.8. The molecular formula is C19H19N5O3. The molecule has 0 saturated heterocycles. The van der Waals surface area contributed by atoms with Crippen LogP contribution in [0.25, 0.3) is 0 Å². The van der Waals surface area contributed by atoms with Crippen molar-refractivity contribution in [2.45, 2.75) is 13.8 Å². The van der Waals surface area contributed by atoms with Gasteiger partial charge in [-0.2, -0.15) is 0 Å². The number of methoxy groups -OCH3 is 1. The lowest BCUT2D eigenvalue weighted by atomic mass is 10.1. The number of benzene rings is 2. The van der Waals surface area contributed by atoms with Gasteiger partial charge in [0.15, 0.2) is 0 Å². The lowest BCUT2D eigenvalue weighted by Crippen LogP contribution is -2.06. The van der Waals surface area contributed by atoms with Crippen molar-refractivity contribution in [3.05, 3.63) is 70.0 Å². The van der Waals surface area contributed by atoms with Crippen molar-refractivity contribution in [1.29, 1.82) is 0 Å². The minimum atomic E-state index is -0.509. The zero-order chi connectivity index (χ0) is 19.4. The Morgan fingerprint density at radius 2 is 1.59 bits per heavy atom. The van der Waals surface area contributed by atoms with Crippen LogP contribution in [0.4, 0.5) is 28.7 Å². The maximum absolute atomic E-state index is 11.7. The van der Waals surface area contributed by atoms with E-state index in [1.54, 1.807) is 18.2 Å². The van der Waals surface area contributed by atoms with Crippen LogP contribution in [0, 0.1) is 24.0 Å². The largest absolute Gasteiger partial charge is 0.495 e. The molecule has 138 valence electrons. The monoisotopic (exact) mass is 365 g/mol. The summed E-state index contributed by atoms with van der Waals surface area (Å²) in [6.45, 7) is 3.92. The molecule has 27 heavy (non-hydrogen) atoms. The minimum absolute atomic E-state index is 0.0762. The Morgan fingerprint density at radius 1 is 0.963 bits per heavy atom. The third-order valence-electron chi connectivity index (χ3n) is 4.22. The Morgan fingerprint density at radius 3 is 2.26 bits per heavy atom. The van der Waals surface area contributed by atoms with E-state index in [2.05, 4.69) is 20.6 Å². The van der Waals surface area contributed by atoms with Gasteiger partial charge < -0.3 is 15.4 Å². The van der Waals surface area contributed by atoms with Crippen molar-refractivity contribution < 1.29 is 9.66 Å². The van der Waals surface area contributed by atoms with E-state index < -0.39 is 4.92 Å². The first-order valence-electron chi connectivity index (χ1n) is 8.24. The number of nitro groups is 1. The van der Waals surface area contributed by atoms with Gasteiger partial charge in [0.25, 0.3) is 0 Å². The van der Waals surface area contributed by atoms with Crippen LogP contribution < -0.4 is 15.4 Å². The van der Waals surface area contributed by atoms with Crippen LogP contribution in [0.3, 0.4) is 0 Å². The molecule has 0 amide bonds. The van der Waals surface area contributed by atoms with Crippen molar-refractivity contribution in [3.63, 3.8) is 0 Å². The SMILES string of the molecule is COc1ccccc1Nc1ncnc(Nc2cccc(C)c2C)c1[N+](=O)[O-]. The van der Waals surface area contributed by atoms with Crippen molar-refractivity contribution in [2.24, 2.45) is 0 Å². The van der Waals surface area contributed by atoms with Crippen molar-refractivity contribution >= 4 is 28.7 Å². The summed E-state index contributed by atoms with van der Waals surface area (Å²) in [4.78, 5) is 19.4. The third kappa shape index (κ3) is 3.79. The highest BCUT2D eigenvalue weighted by molar-refractivity contribution is 5.78. The standard InChI is InChI=1S/C19H19N5O3/c1-12-7-6-9-14(13(12)2)22-18-17(24(25)26)19(21-11-20-18)23-15-8-4-5-10-16(15)27-3/h4-11H,1-3H3,(H2,20,21,22,23). The summed E-state index contributed by atoms with van der Waals surface area (Å²) in [7, 11) is 1.53. The van der Waals surface area contributed by atoms with Gasteiger partial charge in [0.1, 0.15) is 12.1 Å². The van der Waals surface area contributed by atoms with E-state index in [0.29, 0.717) is 11.4 Å². The number of ether oxygens (including phenoxy) is 1. The minimum Gasteiger partial charge on any atom is -0.495 e. The molecule has 0 aliphatic rings. The molecule has 0 spiro atoms. The Kier molecular flexibility index (Phi) is 5.16. The maximum Gasteiger partial charge on any atom is 0.353 e. The van der Waals surface area contributed by atoms with Gasteiger partial charge in [-0.1, -0.05) is 24.3 Å². The second-order valence-corrected chi connectivity index (χ2v) is 5.87. The Balaban J connectivity index is 2.03. The highest BCUT2D eigenvalue weighted by Crippen LogP contribution is 2.35. The van der Waals surface area contributed by atoms with Gasteiger partial charge in [0.2, 0.25) is 11.6 Å². The summed E-state index contributed by atoms with van der Waals surface area (Å²) < 4.78 is 5.28. The van der Waals surface area contributed by atoms with Gasteiger partial charge in [-0.25, -0.2) is 9.97 Å². The molecule has 0 fully saturated rings. The van der Waals surface area contributed by atoms with Crippen molar-refractivity contribution in [2.75, 3.05) is 17.7 Å². The quantitative estimate of drug-likeness (QED) is 0.490. The summed E-state index contributed by atoms with van der Waals surface area (Å²) in [6.07, 6.45) is 1.28. The average molecular weight is 365 g/mol. The molecule has 3 rings (SSSR count). The number of para-hydroxylation sites is 2. The molecule has 0 saturated carbocycles. The lowest BCUT2D eigenvalue weighted by Gasteiger charge is -2.13. The van der Waals surface area contributed by atoms with Crippen LogP contribution in [0.2, 0.25) is 0 Å². The van der Waals surface area contributed by atoms with E-state index in [-0.39, 0.29) is 17.3 Å². The first-order valence-corrected chi connectivity index (χ1v) is 8.24. The first kappa shape index (κ1) is 18.1. The highest BCUT2D eigenvalue weighted by Gasteiger charge is 2.24. The molecule has 2 aromatic carbocycles. The Hall–Kier alpha value is -3.68. The molecule has 1 aromatic heterocycles. The molecule has 8 heteroatoms. The number of aryl methyl sites for hydroxylation is 1. The lowest BCUT2D eigenvalue weighted by molar-refractivity contribution is -0.383. The van der Waals surface area contributed by atoms with Crippen molar-refractivity contribution in [3.8, 4) is 5.75 Å². The number of aromatic nitrogens is 2. The fraction of sp³-hybridized carbons (Fsp3) is 0.158. The van der Waals surface area contributed by atoms with E-state index in [1.165, 1.54) is 13.4 Å². The molecule has 2 N–H and O–H groups in total. The predicted molar refractivity (Wildman–Crippen MR) is 104 cm³/mol. The van der Waals surface area contributed by atoms with Crippen LogP contribution in [-0.2, 0) is 0 Å². The highest BCUT2D eigenvalue weighted by atomic mass is 16.6. The molecule has 3 aromatic rings. The van der Waals surface area contributed by atoms with E-state index in [9.17, 15) is 10.1 Å². The Bertz CT molecular complexity index is 991. The van der Waals surface area contributed by atoms with Gasteiger partial charge in [-0.15, -0.1) is 0 Å². The molecule has 1 heterocycles. The van der Waals surface area contributed by atoms with Gasteiger partial charge in [0, 0.05) is 5.69 Å². The number of rotatable bonds is 6. The fourth-order valence-electron chi connectivity index (χ4n) is 2.62. The van der Waals surface area contributed by atoms with Crippen molar-refractivity contribution in [1.82, 2.24) is 9.97 Å². The summed E-state index contributed by atoms with van der Waals surface area (Å²) >= 11 is 0. The van der Waals surface area contributed by atoms with Gasteiger partial charge in [-0.3, -0.25) is 10.1 Å². The molecule has 0 atom stereocenters. The number of anilines is 4.